The molecular formula is C12H15ClFN5O. The fourth-order valence-electron chi connectivity index (χ4n) is 3.62. The van der Waals surface area contributed by atoms with Crippen molar-refractivity contribution in [3.05, 3.63) is 17.3 Å². The summed E-state index contributed by atoms with van der Waals surface area (Å²) in [5, 5.41) is 2.89. The van der Waals surface area contributed by atoms with Gasteiger partial charge in [-0.2, -0.15) is 4.98 Å². The van der Waals surface area contributed by atoms with Gasteiger partial charge in [-0.15, -0.1) is 0 Å². The first kappa shape index (κ1) is 13.5. The zero-order chi connectivity index (χ0) is 14.4. The molecule has 0 aromatic carbocycles. The molecule has 6 nitrogen and oxygen atoms in total. The van der Waals surface area contributed by atoms with E-state index < -0.39 is 5.82 Å². The van der Waals surface area contributed by atoms with Crippen LogP contribution < -0.4 is 16.8 Å². The molecule has 0 spiro atoms. The summed E-state index contributed by atoms with van der Waals surface area (Å²) in [5.41, 5.74) is 11.5. The second kappa shape index (κ2) is 4.82. The lowest BCUT2D eigenvalue weighted by molar-refractivity contribution is -0.123. The Bertz CT molecular complexity index is 557. The Kier molecular flexibility index (Phi) is 3.25. The van der Waals surface area contributed by atoms with Gasteiger partial charge in [0.2, 0.25) is 11.2 Å². The first-order valence-corrected chi connectivity index (χ1v) is 6.84. The van der Waals surface area contributed by atoms with E-state index in [4.69, 9.17) is 23.1 Å². The van der Waals surface area contributed by atoms with E-state index in [1.807, 2.05) is 0 Å². The van der Waals surface area contributed by atoms with E-state index >= 15 is 0 Å². The summed E-state index contributed by atoms with van der Waals surface area (Å²) in [5.74, 6) is -1.12. The molecule has 0 unspecified atom stereocenters. The molecule has 0 saturated heterocycles. The van der Waals surface area contributed by atoms with Crippen molar-refractivity contribution in [2.24, 2.45) is 29.2 Å². The molecule has 3 rings (SSSR count). The van der Waals surface area contributed by atoms with Gasteiger partial charge in [0.25, 0.3) is 0 Å². The van der Waals surface area contributed by atoms with Crippen molar-refractivity contribution < 1.29 is 9.18 Å². The number of amides is 1. The van der Waals surface area contributed by atoms with Crippen LogP contribution in [0.15, 0.2) is 6.20 Å². The zero-order valence-corrected chi connectivity index (χ0v) is 11.3. The lowest BCUT2D eigenvalue weighted by atomic mass is 9.81. The summed E-state index contributed by atoms with van der Waals surface area (Å²) >= 11 is 5.66. The van der Waals surface area contributed by atoms with Crippen molar-refractivity contribution in [3.63, 3.8) is 0 Å². The van der Waals surface area contributed by atoms with E-state index in [1.54, 1.807) is 0 Å². The Morgan fingerprint density at radius 3 is 2.95 bits per heavy atom. The second-order valence-electron chi connectivity index (χ2n) is 5.49. The second-order valence-corrected chi connectivity index (χ2v) is 5.83. The molecule has 5 N–H and O–H groups in total. The normalized spacial score (nSPS) is 35.2. The van der Waals surface area contributed by atoms with Gasteiger partial charge in [-0.05, 0) is 36.3 Å². The number of fused-ring (bicyclic) bond motifs is 2. The Labute approximate surface area is 120 Å². The number of nitrogens with two attached hydrogens (primary N) is 2. The molecule has 0 radical (unpaired) electrons. The SMILES string of the molecule is NC(=O)[C@H]1[C@H]2C[C@@H]([C@H]1Nc1nc(Cl)ncc1F)[C@H](N)C2. The minimum Gasteiger partial charge on any atom is -0.369 e. The Morgan fingerprint density at radius 1 is 1.50 bits per heavy atom. The maximum atomic E-state index is 13.7. The van der Waals surface area contributed by atoms with Gasteiger partial charge < -0.3 is 16.8 Å². The van der Waals surface area contributed by atoms with Gasteiger partial charge in [-0.1, -0.05) is 0 Å². The number of nitrogens with zero attached hydrogens (tertiary/aromatic N) is 2. The molecule has 108 valence electrons. The summed E-state index contributed by atoms with van der Waals surface area (Å²) in [6.45, 7) is 0. The van der Waals surface area contributed by atoms with E-state index in [1.165, 1.54) is 0 Å². The third-order valence-corrected chi connectivity index (χ3v) is 4.58. The van der Waals surface area contributed by atoms with Gasteiger partial charge in [0.15, 0.2) is 11.6 Å². The predicted molar refractivity (Wildman–Crippen MR) is 71.3 cm³/mol. The quantitative estimate of drug-likeness (QED) is 0.705. The monoisotopic (exact) mass is 299 g/mol. The van der Waals surface area contributed by atoms with Crippen LogP contribution in [0.2, 0.25) is 5.28 Å². The molecule has 1 heterocycles. The molecule has 2 saturated carbocycles. The van der Waals surface area contributed by atoms with Gasteiger partial charge in [-0.3, -0.25) is 4.79 Å². The smallest absolute Gasteiger partial charge is 0.224 e. The third-order valence-electron chi connectivity index (χ3n) is 4.40. The number of primary amides is 1. The average molecular weight is 300 g/mol. The number of aromatic nitrogens is 2. The zero-order valence-electron chi connectivity index (χ0n) is 10.6. The molecule has 1 aromatic rings. The topological polar surface area (TPSA) is 107 Å². The Morgan fingerprint density at radius 2 is 2.25 bits per heavy atom. The highest BCUT2D eigenvalue weighted by atomic mass is 35.5. The molecule has 2 fully saturated rings. The van der Waals surface area contributed by atoms with Crippen LogP contribution in [0.1, 0.15) is 12.8 Å². The largest absolute Gasteiger partial charge is 0.369 e. The van der Waals surface area contributed by atoms with Crippen molar-refractivity contribution in [1.29, 1.82) is 0 Å². The molecule has 1 aromatic heterocycles. The number of halogens is 2. The number of carbonyl (C=O) groups excluding carboxylic acids is 1. The van der Waals surface area contributed by atoms with Gasteiger partial charge in [0.1, 0.15) is 0 Å². The summed E-state index contributed by atoms with van der Waals surface area (Å²) in [6, 6.07) is -0.310. The van der Waals surface area contributed by atoms with Gasteiger partial charge in [0.05, 0.1) is 12.1 Å². The number of rotatable bonds is 3. The fraction of sp³-hybridized carbons (Fsp3) is 0.583. The molecule has 1 amide bonds. The number of hydrogen-bond donors (Lipinski definition) is 3. The number of anilines is 1. The lowest BCUT2D eigenvalue weighted by Crippen LogP contribution is -2.49. The number of nitrogens with one attached hydrogen (secondary N) is 1. The lowest BCUT2D eigenvalue weighted by Gasteiger charge is -2.33. The fourth-order valence-corrected chi connectivity index (χ4v) is 3.75. The maximum Gasteiger partial charge on any atom is 0.224 e. The predicted octanol–water partition coefficient (Wildman–Crippen LogP) is 0.518. The molecule has 2 aliphatic rings. The van der Waals surface area contributed by atoms with E-state index in [-0.39, 0.29) is 46.8 Å². The van der Waals surface area contributed by atoms with Crippen molar-refractivity contribution >= 4 is 23.3 Å². The number of hydrogen-bond acceptors (Lipinski definition) is 5. The standard InChI is InChI=1S/C12H15ClFN5O/c13-12-17-3-6(14)11(19-12)18-9-5-1-4(2-7(5)15)8(9)10(16)20/h3-5,7-9H,1-2,15H2,(H2,16,20)(H,17,18,19)/t4-,5+,7+,8-,9+/m0/s1. The minimum atomic E-state index is -0.617. The minimum absolute atomic E-state index is 0.00605. The van der Waals surface area contributed by atoms with Crippen LogP contribution in [-0.4, -0.2) is 28.0 Å². The first-order valence-electron chi connectivity index (χ1n) is 6.47. The van der Waals surface area contributed by atoms with Gasteiger partial charge in [-0.25, -0.2) is 9.37 Å². The Balaban J connectivity index is 1.88. The highest BCUT2D eigenvalue weighted by Gasteiger charge is 2.54. The maximum absolute atomic E-state index is 13.7. The van der Waals surface area contributed by atoms with Crippen molar-refractivity contribution in [2.75, 3.05) is 5.32 Å². The van der Waals surface area contributed by atoms with Crippen molar-refractivity contribution in [3.8, 4) is 0 Å². The van der Waals surface area contributed by atoms with Crippen LogP contribution in [-0.2, 0) is 4.79 Å². The van der Waals surface area contributed by atoms with E-state index in [2.05, 4.69) is 15.3 Å². The Hall–Kier alpha value is -1.47. The highest BCUT2D eigenvalue weighted by molar-refractivity contribution is 6.28. The summed E-state index contributed by atoms with van der Waals surface area (Å²) in [7, 11) is 0. The molecule has 0 aliphatic heterocycles. The molecule has 2 aliphatic carbocycles. The molecule has 20 heavy (non-hydrogen) atoms. The van der Waals surface area contributed by atoms with Gasteiger partial charge >= 0.3 is 0 Å². The molecular weight excluding hydrogens is 285 g/mol. The van der Waals surface area contributed by atoms with Gasteiger partial charge in [0, 0.05) is 12.1 Å². The summed E-state index contributed by atoms with van der Waals surface area (Å²) < 4.78 is 13.7. The first-order chi connectivity index (χ1) is 9.47. The van der Waals surface area contributed by atoms with Crippen molar-refractivity contribution in [1.82, 2.24) is 9.97 Å². The molecule has 2 bridgehead atoms. The van der Waals surface area contributed by atoms with Crippen LogP contribution in [0.4, 0.5) is 10.2 Å². The average Bonchev–Trinajstić information content (AvgIpc) is 2.90. The van der Waals surface area contributed by atoms with Crippen molar-refractivity contribution in [2.45, 2.75) is 24.9 Å². The molecule has 5 atom stereocenters. The third kappa shape index (κ3) is 2.10. The van der Waals surface area contributed by atoms with Crippen LogP contribution >= 0.6 is 11.6 Å². The highest BCUT2D eigenvalue weighted by Crippen LogP contribution is 2.48. The van der Waals surface area contributed by atoms with Crippen LogP contribution in [0.3, 0.4) is 0 Å². The summed E-state index contributed by atoms with van der Waals surface area (Å²) in [4.78, 5) is 19.0. The van der Waals surface area contributed by atoms with E-state index in [0.717, 1.165) is 19.0 Å². The molecule has 8 heteroatoms. The number of carbonyl (C=O) groups is 1. The summed E-state index contributed by atoms with van der Waals surface area (Å²) in [6.07, 6.45) is 2.60. The van der Waals surface area contributed by atoms with Crippen LogP contribution in [0.25, 0.3) is 0 Å². The van der Waals surface area contributed by atoms with Crippen LogP contribution in [0.5, 0.6) is 0 Å². The van der Waals surface area contributed by atoms with Crippen LogP contribution in [0, 0.1) is 23.6 Å². The van der Waals surface area contributed by atoms with E-state index in [0.29, 0.717) is 0 Å². The van der Waals surface area contributed by atoms with E-state index in [9.17, 15) is 9.18 Å².